The van der Waals surface area contributed by atoms with Crippen LogP contribution in [0.5, 0.6) is 0 Å². The third-order valence-electron chi connectivity index (χ3n) is 3.50. The van der Waals surface area contributed by atoms with Crippen LogP contribution in [0.3, 0.4) is 0 Å². The minimum Gasteiger partial charge on any atom is -0.353 e. The number of methoxy groups -OCH3 is 2. The second-order valence-electron chi connectivity index (χ2n) is 4.37. The molecule has 2 rings (SSSR count). The minimum atomic E-state index is -0.676. The molecule has 1 aliphatic rings. The highest BCUT2D eigenvalue weighted by Crippen LogP contribution is 2.51. The van der Waals surface area contributed by atoms with Crippen LogP contribution in [-0.4, -0.2) is 20.0 Å². The predicted molar refractivity (Wildman–Crippen MR) is 59.7 cm³/mol. The molecule has 17 heavy (non-hydrogen) atoms. The Hall–Kier alpha value is -1.44. The van der Waals surface area contributed by atoms with E-state index in [2.05, 4.69) is 6.07 Å². The van der Waals surface area contributed by atoms with Gasteiger partial charge < -0.3 is 9.47 Å². The van der Waals surface area contributed by atoms with Crippen molar-refractivity contribution in [3.8, 4) is 6.07 Å². The molecule has 0 spiro atoms. The first-order valence-electron chi connectivity index (χ1n) is 5.37. The van der Waals surface area contributed by atoms with Crippen LogP contribution in [0, 0.1) is 17.1 Å². The molecule has 0 radical (unpaired) electrons. The standard InChI is InChI=1S/C13H14FNO2/c1-16-13(17-2)7-12(8-13,9-15)10-3-5-11(14)6-4-10/h3-6H,7-8H2,1-2H3. The fraction of sp³-hybridized carbons (Fsp3) is 0.462. The highest BCUT2D eigenvalue weighted by Gasteiger charge is 2.57. The molecule has 90 valence electrons. The zero-order chi connectivity index (χ0) is 12.5. The molecule has 0 aromatic heterocycles. The quantitative estimate of drug-likeness (QED) is 0.755. The van der Waals surface area contributed by atoms with Crippen LogP contribution < -0.4 is 0 Å². The van der Waals surface area contributed by atoms with E-state index >= 15 is 0 Å². The SMILES string of the molecule is COC1(OC)CC(C#N)(c2ccc(F)cc2)C1. The lowest BCUT2D eigenvalue weighted by Gasteiger charge is -2.50. The van der Waals surface area contributed by atoms with Crippen molar-refractivity contribution < 1.29 is 13.9 Å². The third-order valence-corrected chi connectivity index (χ3v) is 3.50. The normalized spacial score (nSPS) is 20.4. The van der Waals surface area contributed by atoms with Gasteiger partial charge in [0.2, 0.25) is 0 Å². The van der Waals surface area contributed by atoms with Gasteiger partial charge in [-0.3, -0.25) is 0 Å². The number of nitrogens with zero attached hydrogens (tertiary/aromatic N) is 1. The smallest absolute Gasteiger partial charge is 0.171 e. The number of benzene rings is 1. The molecule has 4 heteroatoms. The summed E-state index contributed by atoms with van der Waals surface area (Å²) in [6.45, 7) is 0. The van der Waals surface area contributed by atoms with Gasteiger partial charge in [0.25, 0.3) is 0 Å². The minimum absolute atomic E-state index is 0.300. The number of nitriles is 1. The van der Waals surface area contributed by atoms with Gasteiger partial charge in [-0.1, -0.05) is 12.1 Å². The number of ether oxygens (including phenoxy) is 2. The topological polar surface area (TPSA) is 42.2 Å². The first-order valence-corrected chi connectivity index (χ1v) is 5.37. The van der Waals surface area contributed by atoms with E-state index in [-0.39, 0.29) is 5.82 Å². The zero-order valence-electron chi connectivity index (χ0n) is 9.87. The molecule has 1 aliphatic carbocycles. The largest absolute Gasteiger partial charge is 0.353 e. The summed E-state index contributed by atoms with van der Waals surface area (Å²) in [5.41, 5.74) is 0.186. The Morgan fingerprint density at radius 2 is 1.71 bits per heavy atom. The van der Waals surface area contributed by atoms with E-state index in [0.29, 0.717) is 12.8 Å². The Balaban J connectivity index is 2.26. The molecule has 1 aromatic carbocycles. The Kier molecular flexibility index (Phi) is 2.90. The first kappa shape index (κ1) is 12.0. The molecular formula is C13H14FNO2. The van der Waals surface area contributed by atoms with E-state index in [1.54, 1.807) is 26.4 Å². The molecule has 1 fully saturated rings. The second-order valence-corrected chi connectivity index (χ2v) is 4.37. The second kappa shape index (κ2) is 4.10. The molecule has 1 aromatic rings. The van der Waals surface area contributed by atoms with Crippen molar-refractivity contribution in [3.05, 3.63) is 35.6 Å². The molecule has 3 nitrogen and oxygen atoms in total. The molecule has 1 saturated carbocycles. The summed E-state index contributed by atoms with van der Waals surface area (Å²) in [4.78, 5) is 0. The van der Waals surface area contributed by atoms with E-state index in [1.807, 2.05) is 0 Å². The molecule has 0 aliphatic heterocycles. The van der Waals surface area contributed by atoms with E-state index in [0.717, 1.165) is 5.56 Å². The fourth-order valence-electron chi connectivity index (χ4n) is 2.36. The van der Waals surface area contributed by atoms with Crippen molar-refractivity contribution in [2.45, 2.75) is 24.0 Å². The summed E-state index contributed by atoms with van der Waals surface area (Å²) in [6.07, 6.45) is 0.935. The van der Waals surface area contributed by atoms with Gasteiger partial charge in [0.15, 0.2) is 5.79 Å². The van der Waals surface area contributed by atoms with Crippen LogP contribution in [0.15, 0.2) is 24.3 Å². The summed E-state index contributed by atoms with van der Waals surface area (Å²) >= 11 is 0. The van der Waals surface area contributed by atoms with Gasteiger partial charge in [0, 0.05) is 27.1 Å². The molecule has 0 atom stereocenters. The molecule has 0 N–H and O–H groups in total. The van der Waals surface area contributed by atoms with Crippen LogP contribution in [0.1, 0.15) is 18.4 Å². The van der Waals surface area contributed by atoms with E-state index in [9.17, 15) is 9.65 Å². The maximum absolute atomic E-state index is 12.9. The van der Waals surface area contributed by atoms with E-state index in [1.165, 1.54) is 12.1 Å². The van der Waals surface area contributed by atoms with Gasteiger partial charge in [0.1, 0.15) is 5.82 Å². The molecule has 0 saturated heterocycles. The van der Waals surface area contributed by atoms with E-state index < -0.39 is 11.2 Å². The summed E-state index contributed by atoms with van der Waals surface area (Å²) in [5, 5.41) is 9.33. The summed E-state index contributed by atoms with van der Waals surface area (Å²) in [7, 11) is 3.13. The van der Waals surface area contributed by atoms with Crippen molar-refractivity contribution in [1.29, 1.82) is 5.26 Å². The molecule has 0 heterocycles. The molecule has 0 unspecified atom stereocenters. The van der Waals surface area contributed by atoms with Crippen LogP contribution >= 0.6 is 0 Å². The number of rotatable bonds is 3. The van der Waals surface area contributed by atoms with Gasteiger partial charge in [-0.25, -0.2) is 4.39 Å². The van der Waals surface area contributed by atoms with Crippen molar-refractivity contribution in [2.24, 2.45) is 0 Å². The van der Waals surface area contributed by atoms with Crippen LogP contribution in [-0.2, 0) is 14.9 Å². The Labute approximate surface area is 99.8 Å². The number of halogens is 1. The van der Waals surface area contributed by atoms with Crippen molar-refractivity contribution in [1.82, 2.24) is 0 Å². The highest BCUT2D eigenvalue weighted by molar-refractivity contribution is 5.37. The van der Waals surface area contributed by atoms with Crippen LogP contribution in [0.4, 0.5) is 4.39 Å². The average molecular weight is 235 g/mol. The lowest BCUT2D eigenvalue weighted by atomic mass is 9.61. The van der Waals surface area contributed by atoms with Crippen molar-refractivity contribution >= 4 is 0 Å². The summed E-state index contributed by atoms with van der Waals surface area (Å²) in [6, 6.07) is 8.32. The molecule has 0 bridgehead atoms. The lowest BCUT2D eigenvalue weighted by Crippen LogP contribution is -2.56. The van der Waals surface area contributed by atoms with Crippen molar-refractivity contribution in [2.75, 3.05) is 14.2 Å². The van der Waals surface area contributed by atoms with Gasteiger partial charge in [-0.2, -0.15) is 5.26 Å². The molecule has 0 amide bonds. The zero-order valence-corrected chi connectivity index (χ0v) is 9.87. The lowest BCUT2D eigenvalue weighted by molar-refractivity contribution is -0.269. The van der Waals surface area contributed by atoms with Crippen LogP contribution in [0.25, 0.3) is 0 Å². The predicted octanol–water partition coefficient (Wildman–Crippen LogP) is 2.37. The maximum Gasteiger partial charge on any atom is 0.171 e. The van der Waals surface area contributed by atoms with E-state index in [4.69, 9.17) is 9.47 Å². The first-order chi connectivity index (χ1) is 8.10. The van der Waals surface area contributed by atoms with Gasteiger partial charge >= 0.3 is 0 Å². The monoisotopic (exact) mass is 235 g/mol. The van der Waals surface area contributed by atoms with Gasteiger partial charge in [-0.05, 0) is 17.7 Å². The van der Waals surface area contributed by atoms with Crippen LogP contribution in [0.2, 0.25) is 0 Å². The van der Waals surface area contributed by atoms with Crippen molar-refractivity contribution in [3.63, 3.8) is 0 Å². The maximum atomic E-state index is 12.9. The summed E-state index contributed by atoms with van der Waals surface area (Å²) < 4.78 is 23.4. The molecular weight excluding hydrogens is 221 g/mol. The Morgan fingerprint density at radius 1 is 1.18 bits per heavy atom. The Bertz CT molecular complexity index is 437. The fourth-order valence-corrected chi connectivity index (χ4v) is 2.36. The summed E-state index contributed by atoms with van der Waals surface area (Å²) in [5.74, 6) is -0.977. The number of hydrogen-bond donors (Lipinski definition) is 0. The average Bonchev–Trinajstić information content (AvgIpc) is 2.32. The Morgan fingerprint density at radius 3 is 2.12 bits per heavy atom. The highest BCUT2D eigenvalue weighted by atomic mass is 19.1. The number of hydrogen-bond acceptors (Lipinski definition) is 3. The third kappa shape index (κ3) is 1.82. The van der Waals surface area contributed by atoms with Gasteiger partial charge in [-0.15, -0.1) is 0 Å². The van der Waals surface area contributed by atoms with Gasteiger partial charge in [0.05, 0.1) is 11.5 Å².